The van der Waals surface area contributed by atoms with Gasteiger partial charge in [0.05, 0.1) is 11.7 Å². The van der Waals surface area contributed by atoms with Crippen LogP contribution in [0.15, 0.2) is 54.6 Å². The first-order valence-corrected chi connectivity index (χ1v) is 8.71. The molecule has 0 aromatic heterocycles. The quantitative estimate of drug-likeness (QED) is 0.801. The predicted octanol–water partition coefficient (Wildman–Crippen LogP) is 3.38. The van der Waals surface area contributed by atoms with E-state index in [1.165, 1.54) is 5.56 Å². The van der Waals surface area contributed by atoms with Gasteiger partial charge in [0.1, 0.15) is 5.75 Å². The van der Waals surface area contributed by atoms with E-state index in [1.54, 1.807) is 6.07 Å². The van der Waals surface area contributed by atoms with Gasteiger partial charge in [-0.05, 0) is 52.1 Å². The molecule has 2 aromatic rings. The van der Waals surface area contributed by atoms with E-state index < -0.39 is 0 Å². The summed E-state index contributed by atoms with van der Waals surface area (Å²) < 4.78 is 5.75. The molecule has 1 unspecified atom stereocenters. The SMILES string of the molecule is CC(C)Oc1ccccc1C(=O)NCC(Cc1ccccc1)N(C)C. The van der Waals surface area contributed by atoms with Gasteiger partial charge in [-0.2, -0.15) is 0 Å². The third kappa shape index (κ3) is 5.91. The smallest absolute Gasteiger partial charge is 0.255 e. The van der Waals surface area contributed by atoms with Crippen LogP contribution in [0.25, 0.3) is 0 Å². The lowest BCUT2D eigenvalue weighted by Crippen LogP contribution is -2.41. The molecule has 0 spiro atoms. The van der Waals surface area contributed by atoms with Crippen LogP contribution in [0.1, 0.15) is 29.8 Å². The maximum atomic E-state index is 12.6. The van der Waals surface area contributed by atoms with E-state index in [1.807, 2.05) is 64.3 Å². The number of amides is 1. The zero-order valence-electron chi connectivity index (χ0n) is 15.5. The number of hydrogen-bond donors (Lipinski definition) is 1. The molecule has 25 heavy (non-hydrogen) atoms. The molecule has 0 saturated heterocycles. The van der Waals surface area contributed by atoms with Crippen LogP contribution < -0.4 is 10.1 Å². The highest BCUT2D eigenvalue weighted by atomic mass is 16.5. The molecule has 0 saturated carbocycles. The van der Waals surface area contributed by atoms with E-state index in [-0.39, 0.29) is 18.1 Å². The lowest BCUT2D eigenvalue weighted by Gasteiger charge is -2.25. The van der Waals surface area contributed by atoms with Gasteiger partial charge in [-0.25, -0.2) is 0 Å². The summed E-state index contributed by atoms with van der Waals surface area (Å²) in [6.45, 7) is 4.49. The van der Waals surface area contributed by atoms with Gasteiger partial charge < -0.3 is 15.0 Å². The normalized spacial score (nSPS) is 12.2. The molecule has 0 aliphatic rings. The average Bonchev–Trinajstić information content (AvgIpc) is 2.59. The van der Waals surface area contributed by atoms with E-state index in [2.05, 4.69) is 22.3 Å². The Morgan fingerprint density at radius 1 is 1.04 bits per heavy atom. The summed E-state index contributed by atoms with van der Waals surface area (Å²) in [6.07, 6.45) is 0.916. The first-order chi connectivity index (χ1) is 12.0. The number of para-hydroxylation sites is 1. The minimum atomic E-state index is -0.101. The van der Waals surface area contributed by atoms with Crippen molar-refractivity contribution >= 4 is 5.91 Å². The molecule has 0 aliphatic heterocycles. The second-order valence-corrected chi connectivity index (χ2v) is 6.68. The van der Waals surface area contributed by atoms with E-state index in [9.17, 15) is 4.79 Å². The van der Waals surface area contributed by atoms with Gasteiger partial charge in [-0.15, -0.1) is 0 Å². The third-order valence-electron chi connectivity index (χ3n) is 4.04. The fourth-order valence-corrected chi connectivity index (χ4v) is 2.64. The van der Waals surface area contributed by atoms with Crippen molar-refractivity contribution in [1.82, 2.24) is 10.2 Å². The fourth-order valence-electron chi connectivity index (χ4n) is 2.64. The highest BCUT2D eigenvalue weighted by molar-refractivity contribution is 5.96. The molecule has 0 heterocycles. The van der Waals surface area contributed by atoms with Crippen LogP contribution in [0, 0.1) is 0 Å². The maximum absolute atomic E-state index is 12.6. The monoisotopic (exact) mass is 340 g/mol. The zero-order valence-corrected chi connectivity index (χ0v) is 15.5. The van der Waals surface area contributed by atoms with Crippen molar-refractivity contribution in [1.29, 1.82) is 0 Å². The Hall–Kier alpha value is -2.33. The molecular formula is C21H28N2O2. The van der Waals surface area contributed by atoms with Crippen molar-refractivity contribution in [3.63, 3.8) is 0 Å². The van der Waals surface area contributed by atoms with Crippen LogP contribution in [0.4, 0.5) is 0 Å². The minimum absolute atomic E-state index is 0.0292. The molecule has 0 fully saturated rings. The van der Waals surface area contributed by atoms with Gasteiger partial charge in [0.15, 0.2) is 0 Å². The number of nitrogens with zero attached hydrogens (tertiary/aromatic N) is 1. The summed E-state index contributed by atoms with van der Waals surface area (Å²) in [5.74, 6) is 0.524. The summed E-state index contributed by atoms with van der Waals surface area (Å²) in [6, 6.07) is 17.9. The molecule has 0 radical (unpaired) electrons. The van der Waals surface area contributed by atoms with E-state index in [4.69, 9.17) is 4.74 Å². The number of nitrogens with one attached hydrogen (secondary N) is 1. The Morgan fingerprint density at radius 3 is 2.32 bits per heavy atom. The van der Waals surface area contributed by atoms with Crippen LogP contribution in [-0.4, -0.2) is 43.6 Å². The molecule has 0 aliphatic carbocycles. The van der Waals surface area contributed by atoms with Crippen molar-refractivity contribution < 1.29 is 9.53 Å². The average molecular weight is 340 g/mol. The molecule has 1 atom stereocenters. The van der Waals surface area contributed by atoms with Gasteiger partial charge in [0.25, 0.3) is 5.91 Å². The number of carbonyl (C=O) groups excluding carboxylic acids is 1. The highest BCUT2D eigenvalue weighted by Crippen LogP contribution is 2.19. The molecule has 4 heteroatoms. The Kier molecular flexibility index (Phi) is 7.02. The number of likely N-dealkylation sites (N-methyl/N-ethyl adjacent to an activating group) is 1. The molecule has 0 bridgehead atoms. The van der Waals surface area contributed by atoms with Crippen molar-refractivity contribution in [2.75, 3.05) is 20.6 Å². The van der Waals surface area contributed by atoms with Gasteiger partial charge >= 0.3 is 0 Å². The minimum Gasteiger partial charge on any atom is -0.490 e. The zero-order chi connectivity index (χ0) is 18.2. The molecular weight excluding hydrogens is 312 g/mol. The van der Waals surface area contributed by atoms with E-state index in [0.29, 0.717) is 17.9 Å². The summed E-state index contributed by atoms with van der Waals surface area (Å²) in [4.78, 5) is 14.8. The molecule has 1 amide bonds. The van der Waals surface area contributed by atoms with Crippen molar-refractivity contribution in [3.8, 4) is 5.75 Å². The molecule has 134 valence electrons. The van der Waals surface area contributed by atoms with Crippen LogP contribution in [0.5, 0.6) is 5.75 Å². The maximum Gasteiger partial charge on any atom is 0.255 e. The fraction of sp³-hybridized carbons (Fsp3) is 0.381. The number of benzene rings is 2. The summed E-state index contributed by atoms with van der Waals surface area (Å²) in [7, 11) is 4.07. The standard InChI is InChI=1S/C21H28N2O2/c1-16(2)25-20-13-9-8-12-19(20)21(24)22-15-18(23(3)4)14-17-10-6-5-7-11-17/h5-13,16,18H,14-15H2,1-4H3,(H,22,24). The lowest BCUT2D eigenvalue weighted by molar-refractivity contribution is 0.0936. The van der Waals surface area contributed by atoms with Crippen molar-refractivity contribution in [2.24, 2.45) is 0 Å². The lowest BCUT2D eigenvalue weighted by atomic mass is 10.0. The third-order valence-corrected chi connectivity index (χ3v) is 4.04. The Balaban J connectivity index is 2.02. The first kappa shape index (κ1) is 19.0. The predicted molar refractivity (Wildman–Crippen MR) is 102 cm³/mol. The Bertz CT molecular complexity index is 669. The molecule has 2 aromatic carbocycles. The second-order valence-electron chi connectivity index (χ2n) is 6.68. The largest absolute Gasteiger partial charge is 0.490 e. The highest BCUT2D eigenvalue weighted by Gasteiger charge is 2.17. The summed E-state index contributed by atoms with van der Waals surface area (Å²) >= 11 is 0. The molecule has 2 rings (SSSR count). The summed E-state index contributed by atoms with van der Waals surface area (Å²) in [5, 5.41) is 3.05. The van der Waals surface area contributed by atoms with Crippen LogP contribution >= 0.6 is 0 Å². The van der Waals surface area contributed by atoms with Gasteiger partial charge in [-0.3, -0.25) is 4.79 Å². The number of rotatable bonds is 8. The topological polar surface area (TPSA) is 41.6 Å². The van der Waals surface area contributed by atoms with E-state index >= 15 is 0 Å². The van der Waals surface area contributed by atoms with Crippen molar-refractivity contribution in [3.05, 3.63) is 65.7 Å². The first-order valence-electron chi connectivity index (χ1n) is 8.71. The number of carbonyl (C=O) groups is 1. The van der Waals surface area contributed by atoms with Crippen LogP contribution in [0.2, 0.25) is 0 Å². The van der Waals surface area contributed by atoms with Crippen LogP contribution in [0.3, 0.4) is 0 Å². The molecule has 1 N–H and O–H groups in total. The second kappa shape index (κ2) is 9.23. The van der Waals surface area contributed by atoms with Gasteiger partial charge in [0.2, 0.25) is 0 Å². The number of ether oxygens (including phenoxy) is 1. The summed E-state index contributed by atoms with van der Waals surface area (Å²) in [5.41, 5.74) is 1.84. The molecule has 4 nitrogen and oxygen atoms in total. The van der Waals surface area contributed by atoms with Gasteiger partial charge in [-0.1, -0.05) is 42.5 Å². The van der Waals surface area contributed by atoms with Crippen LogP contribution in [-0.2, 0) is 6.42 Å². The van der Waals surface area contributed by atoms with Crippen molar-refractivity contribution in [2.45, 2.75) is 32.4 Å². The number of hydrogen-bond acceptors (Lipinski definition) is 3. The van der Waals surface area contributed by atoms with Gasteiger partial charge in [0, 0.05) is 12.6 Å². The Labute approximate surface area is 150 Å². The van der Waals surface area contributed by atoms with E-state index in [0.717, 1.165) is 6.42 Å². The Morgan fingerprint density at radius 2 is 1.68 bits per heavy atom.